The molecule has 2 rings (SSSR count). The molecule has 5 nitrogen and oxygen atoms in total. The molecule has 1 aliphatic heterocycles. The summed E-state index contributed by atoms with van der Waals surface area (Å²) in [5, 5.41) is 3.47. The van der Waals surface area contributed by atoms with Gasteiger partial charge in [0.05, 0.1) is 0 Å². The summed E-state index contributed by atoms with van der Waals surface area (Å²) in [6.07, 6.45) is 5.93. The smallest absolute Gasteiger partial charge is 0.239 e. The Kier molecular flexibility index (Phi) is 6.02. The molecule has 1 unspecified atom stereocenters. The number of rotatable bonds is 10. The first-order valence-corrected chi connectivity index (χ1v) is 8.54. The van der Waals surface area contributed by atoms with Crippen LogP contribution in [0.2, 0.25) is 0 Å². The molecular formula is C16H32N4O. The topological polar surface area (TPSA) is 61.6 Å². The number of carbonyl (C=O) groups is 1. The number of likely N-dealkylation sites (tertiary alicyclic amines) is 1. The Hall–Kier alpha value is -0.650. The van der Waals surface area contributed by atoms with E-state index in [1.165, 1.54) is 25.9 Å². The van der Waals surface area contributed by atoms with E-state index in [1.54, 1.807) is 0 Å². The molecule has 5 heteroatoms. The molecule has 1 saturated heterocycles. The molecule has 1 atom stereocenters. The van der Waals surface area contributed by atoms with E-state index in [1.807, 2.05) is 0 Å². The summed E-state index contributed by atoms with van der Waals surface area (Å²) in [5.74, 6) is 0.252. The quantitative estimate of drug-likeness (QED) is 0.621. The first kappa shape index (κ1) is 16.7. The molecule has 0 bridgehead atoms. The van der Waals surface area contributed by atoms with Gasteiger partial charge in [0.25, 0.3) is 0 Å². The third-order valence-corrected chi connectivity index (χ3v) is 4.92. The number of nitrogens with two attached hydrogens (primary N) is 1. The minimum atomic E-state index is -0.518. The zero-order valence-electron chi connectivity index (χ0n) is 13.7. The average molecular weight is 296 g/mol. The first-order valence-electron chi connectivity index (χ1n) is 8.54. The Labute approximate surface area is 129 Å². The largest absolute Gasteiger partial charge is 0.368 e. The van der Waals surface area contributed by atoms with Crippen molar-refractivity contribution in [1.29, 1.82) is 0 Å². The van der Waals surface area contributed by atoms with Crippen LogP contribution in [0, 0.1) is 5.92 Å². The zero-order valence-corrected chi connectivity index (χ0v) is 13.7. The van der Waals surface area contributed by atoms with Crippen LogP contribution in [-0.2, 0) is 4.79 Å². The Bertz CT molecular complexity index is 339. The Morgan fingerprint density at radius 1 is 1.38 bits per heavy atom. The van der Waals surface area contributed by atoms with E-state index in [-0.39, 0.29) is 5.91 Å². The lowest BCUT2D eigenvalue weighted by Gasteiger charge is -2.36. The second-order valence-electron chi connectivity index (χ2n) is 6.82. The van der Waals surface area contributed by atoms with Gasteiger partial charge in [-0.2, -0.15) is 0 Å². The van der Waals surface area contributed by atoms with Gasteiger partial charge < -0.3 is 20.9 Å². The molecule has 0 radical (unpaired) electrons. The highest BCUT2D eigenvalue weighted by atomic mass is 16.1. The molecule has 0 spiro atoms. The SMILES string of the molecule is CCCNC(CN(C)CCN1CCCC1)(C(N)=O)C1CC1. The van der Waals surface area contributed by atoms with Crippen molar-refractivity contribution in [3.63, 3.8) is 0 Å². The van der Waals surface area contributed by atoms with Gasteiger partial charge in [0.1, 0.15) is 5.54 Å². The Morgan fingerprint density at radius 3 is 2.57 bits per heavy atom. The van der Waals surface area contributed by atoms with E-state index in [0.717, 1.165) is 45.4 Å². The molecule has 0 aromatic heterocycles. The van der Waals surface area contributed by atoms with Gasteiger partial charge in [0.15, 0.2) is 0 Å². The molecule has 1 amide bonds. The van der Waals surface area contributed by atoms with Crippen LogP contribution in [0.3, 0.4) is 0 Å². The number of nitrogens with one attached hydrogen (secondary N) is 1. The monoisotopic (exact) mass is 296 g/mol. The maximum Gasteiger partial charge on any atom is 0.239 e. The van der Waals surface area contributed by atoms with Crippen molar-refractivity contribution >= 4 is 5.91 Å². The van der Waals surface area contributed by atoms with Crippen LogP contribution in [0.25, 0.3) is 0 Å². The highest BCUT2D eigenvalue weighted by Gasteiger charge is 2.49. The van der Waals surface area contributed by atoms with Crippen molar-refractivity contribution in [1.82, 2.24) is 15.1 Å². The van der Waals surface area contributed by atoms with Crippen LogP contribution in [0.4, 0.5) is 0 Å². The molecule has 122 valence electrons. The maximum atomic E-state index is 12.1. The van der Waals surface area contributed by atoms with Gasteiger partial charge in [-0.15, -0.1) is 0 Å². The standard InChI is InChI=1S/C16H32N4O/c1-3-8-18-16(15(17)21,14-6-7-14)13-19(2)11-12-20-9-4-5-10-20/h14,18H,3-13H2,1-2H3,(H2,17,21). The predicted molar refractivity (Wildman–Crippen MR) is 86.1 cm³/mol. The number of carbonyl (C=O) groups excluding carboxylic acids is 1. The van der Waals surface area contributed by atoms with Gasteiger partial charge in [0, 0.05) is 19.6 Å². The van der Waals surface area contributed by atoms with Crippen molar-refractivity contribution in [2.24, 2.45) is 11.7 Å². The van der Waals surface area contributed by atoms with E-state index < -0.39 is 5.54 Å². The molecular weight excluding hydrogens is 264 g/mol. The normalized spacial score (nSPS) is 22.6. The van der Waals surface area contributed by atoms with E-state index in [2.05, 4.69) is 29.1 Å². The van der Waals surface area contributed by atoms with Gasteiger partial charge in [-0.25, -0.2) is 0 Å². The lowest BCUT2D eigenvalue weighted by Crippen LogP contribution is -2.63. The van der Waals surface area contributed by atoms with Crippen molar-refractivity contribution < 1.29 is 4.79 Å². The molecule has 1 heterocycles. The summed E-state index contributed by atoms with van der Waals surface area (Å²) in [4.78, 5) is 16.9. The molecule has 3 N–H and O–H groups in total. The fourth-order valence-electron chi connectivity index (χ4n) is 3.44. The van der Waals surface area contributed by atoms with E-state index >= 15 is 0 Å². The Balaban J connectivity index is 1.88. The van der Waals surface area contributed by atoms with Crippen LogP contribution >= 0.6 is 0 Å². The predicted octanol–water partition coefficient (Wildman–Crippen LogP) is 0.648. The van der Waals surface area contributed by atoms with Crippen molar-refractivity contribution in [3.8, 4) is 0 Å². The first-order chi connectivity index (χ1) is 10.1. The number of amides is 1. The number of primary amides is 1. The van der Waals surface area contributed by atoms with Crippen LogP contribution in [-0.4, -0.2) is 67.6 Å². The third kappa shape index (κ3) is 4.41. The van der Waals surface area contributed by atoms with Crippen molar-refractivity contribution in [2.45, 2.75) is 44.6 Å². The van der Waals surface area contributed by atoms with Crippen LogP contribution in [0.15, 0.2) is 0 Å². The number of hydrogen-bond acceptors (Lipinski definition) is 4. The van der Waals surface area contributed by atoms with E-state index in [0.29, 0.717) is 5.92 Å². The number of likely N-dealkylation sites (N-methyl/N-ethyl adjacent to an activating group) is 1. The lowest BCUT2D eigenvalue weighted by atomic mass is 9.91. The molecule has 1 aliphatic carbocycles. The summed E-state index contributed by atoms with van der Waals surface area (Å²) >= 11 is 0. The average Bonchev–Trinajstić information content (AvgIpc) is 3.18. The fraction of sp³-hybridized carbons (Fsp3) is 0.938. The second-order valence-corrected chi connectivity index (χ2v) is 6.82. The van der Waals surface area contributed by atoms with Crippen LogP contribution in [0.5, 0.6) is 0 Å². The van der Waals surface area contributed by atoms with Crippen molar-refractivity contribution in [2.75, 3.05) is 46.3 Å². The fourth-order valence-corrected chi connectivity index (χ4v) is 3.44. The highest BCUT2D eigenvalue weighted by molar-refractivity contribution is 5.86. The number of nitrogens with zero attached hydrogens (tertiary/aromatic N) is 2. The zero-order chi connectivity index (χ0) is 15.3. The molecule has 2 aliphatic rings. The van der Waals surface area contributed by atoms with Gasteiger partial charge in [-0.1, -0.05) is 6.92 Å². The van der Waals surface area contributed by atoms with Crippen molar-refractivity contribution in [3.05, 3.63) is 0 Å². The molecule has 21 heavy (non-hydrogen) atoms. The molecule has 0 aromatic carbocycles. The lowest BCUT2D eigenvalue weighted by molar-refractivity contribution is -0.126. The molecule has 0 aromatic rings. The van der Waals surface area contributed by atoms with Crippen LogP contribution in [0.1, 0.15) is 39.0 Å². The summed E-state index contributed by atoms with van der Waals surface area (Å²) in [6, 6.07) is 0. The maximum absolute atomic E-state index is 12.1. The van der Waals surface area contributed by atoms with Crippen LogP contribution < -0.4 is 11.1 Å². The minimum Gasteiger partial charge on any atom is -0.368 e. The van der Waals surface area contributed by atoms with Gasteiger partial charge >= 0.3 is 0 Å². The third-order valence-electron chi connectivity index (χ3n) is 4.92. The highest BCUT2D eigenvalue weighted by Crippen LogP contribution is 2.40. The summed E-state index contributed by atoms with van der Waals surface area (Å²) in [7, 11) is 2.11. The molecule has 2 fully saturated rings. The van der Waals surface area contributed by atoms with E-state index in [9.17, 15) is 4.79 Å². The van der Waals surface area contributed by atoms with Gasteiger partial charge in [0.2, 0.25) is 5.91 Å². The molecule has 1 saturated carbocycles. The van der Waals surface area contributed by atoms with Gasteiger partial charge in [-0.05, 0) is 64.7 Å². The summed E-state index contributed by atoms with van der Waals surface area (Å²) in [6.45, 7) is 8.29. The van der Waals surface area contributed by atoms with E-state index in [4.69, 9.17) is 5.73 Å². The summed E-state index contributed by atoms with van der Waals surface area (Å²) in [5.41, 5.74) is 5.26. The second kappa shape index (κ2) is 7.56. The summed E-state index contributed by atoms with van der Waals surface area (Å²) < 4.78 is 0. The minimum absolute atomic E-state index is 0.175. The number of hydrogen-bond donors (Lipinski definition) is 2. The Morgan fingerprint density at radius 2 is 2.05 bits per heavy atom. The van der Waals surface area contributed by atoms with Gasteiger partial charge in [-0.3, -0.25) is 4.79 Å².